The lowest BCUT2D eigenvalue weighted by molar-refractivity contribution is -0.146. The van der Waals surface area contributed by atoms with Gasteiger partial charge in [0.2, 0.25) is 5.91 Å². The lowest BCUT2D eigenvalue weighted by Crippen LogP contribution is -2.46. The molecule has 1 fully saturated rings. The Balaban J connectivity index is 2.40. The van der Waals surface area contributed by atoms with Gasteiger partial charge in [0.25, 0.3) is 0 Å². The fraction of sp³-hybridized carbons (Fsp3) is 0.667. The molecule has 1 saturated heterocycles. The summed E-state index contributed by atoms with van der Waals surface area (Å²) < 4.78 is 0. The van der Waals surface area contributed by atoms with Crippen molar-refractivity contribution < 1.29 is 24.6 Å². The molecule has 1 atom stereocenters. The van der Waals surface area contributed by atoms with Crippen molar-refractivity contribution in [1.82, 2.24) is 15.5 Å². The molecule has 1 rings (SSSR count). The minimum absolute atomic E-state index is 0.0605. The number of nitrogens with zero attached hydrogens (tertiary/aromatic N) is 1. The van der Waals surface area contributed by atoms with Crippen molar-refractivity contribution in [2.24, 2.45) is 0 Å². The number of nitrogens with one attached hydrogen (secondary N) is 2. The first kappa shape index (κ1) is 13.2. The predicted molar refractivity (Wildman–Crippen MR) is 56.2 cm³/mol. The summed E-state index contributed by atoms with van der Waals surface area (Å²) in [5.41, 5.74) is 0. The van der Waals surface area contributed by atoms with E-state index in [1.165, 1.54) is 4.90 Å². The highest BCUT2D eigenvalue weighted by Crippen LogP contribution is 1.96. The van der Waals surface area contributed by atoms with Crippen LogP contribution < -0.4 is 10.6 Å². The Morgan fingerprint density at radius 2 is 2.24 bits per heavy atom. The molecule has 4 N–H and O–H groups in total. The Morgan fingerprint density at radius 1 is 1.53 bits per heavy atom. The zero-order valence-electron chi connectivity index (χ0n) is 9.18. The summed E-state index contributed by atoms with van der Waals surface area (Å²) in [6, 6.07) is -0.553. The number of carboxylic acid groups (broad SMARTS) is 1. The number of aliphatic hydroxyl groups is 1. The van der Waals surface area contributed by atoms with Crippen LogP contribution in [0.25, 0.3) is 0 Å². The molecule has 1 unspecified atom stereocenters. The van der Waals surface area contributed by atoms with Crippen LogP contribution in [0.2, 0.25) is 0 Å². The smallest absolute Gasteiger partial charge is 0.334 e. The summed E-state index contributed by atoms with van der Waals surface area (Å²) in [6.07, 6.45) is -1.000. The maximum Gasteiger partial charge on any atom is 0.334 e. The van der Waals surface area contributed by atoms with Gasteiger partial charge in [-0.1, -0.05) is 0 Å². The summed E-state index contributed by atoms with van der Waals surface area (Å²) in [6.45, 7) is 0.482. The van der Waals surface area contributed by atoms with Crippen LogP contribution in [-0.4, -0.2) is 65.3 Å². The number of rotatable bonds is 3. The van der Waals surface area contributed by atoms with Crippen molar-refractivity contribution >= 4 is 17.9 Å². The molecule has 1 aliphatic heterocycles. The lowest BCUT2D eigenvalue weighted by atomic mass is 10.3. The fourth-order valence-electron chi connectivity index (χ4n) is 1.36. The maximum absolute atomic E-state index is 11.6. The summed E-state index contributed by atoms with van der Waals surface area (Å²) in [5, 5.41) is 22.2. The molecule has 0 bridgehead atoms. The standard InChI is InChI=1S/C9H15N3O5/c13-6(8(15)16)4-11-9(17)12-3-1-2-10-7(14)5-12/h6,13H,1-5H2,(H,10,14)(H,11,17)(H,15,16). The van der Waals surface area contributed by atoms with Gasteiger partial charge in [0.1, 0.15) is 6.54 Å². The van der Waals surface area contributed by atoms with Crippen LogP contribution in [0.4, 0.5) is 4.79 Å². The highest BCUT2D eigenvalue weighted by molar-refractivity contribution is 5.84. The highest BCUT2D eigenvalue weighted by Gasteiger charge is 2.21. The molecular formula is C9H15N3O5. The number of amides is 3. The summed E-state index contributed by atoms with van der Waals surface area (Å²) in [5.74, 6) is -1.66. The minimum atomic E-state index is -1.64. The van der Waals surface area contributed by atoms with E-state index in [9.17, 15) is 14.4 Å². The van der Waals surface area contributed by atoms with Crippen LogP contribution in [-0.2, 0) is 9.59 Å². The van der Waals surface area contributed by atoms with Gasteiger partial charge in [0.15, 0.2) is 6.10 Å². The molecule has 8 nitrogen and oxygen atoms in total. The average molecular weight is 245 g/mol. The third-order valence-corrected chi connectivity index (χ3v) is 2.28. The summed E-state index contributed by atoms with van der Waals surface area (Å²) in [4.78, 5) is 34.3. The number of urea groups is 1. The van der Waals surface area contributed by atoms with Crippen molar-refractivity contribution in [2.75, 3.05) is 26.2 Å². The van der Waals surface area contributed by atoms with Crippen molar-refractivity contribution in [2.45, 2.75) is 12.5 Å². The van der Waals surface area contributed by atoms with E-state index < -0.39 is 18.1 Å². The van der Waals surface area contributed by atoms with E-state index in [-0.39, 0.29) is 19.0 Å². The van der Waals surface area contributed by atoms with E-state index in [1.807, 2.05) is 0 Å². The van der Waals surface area contributed by atoms with Crippen LogP contribution in [0.15, 0.2) is 0 Å². The van der Waals surface area contributed by atoms with Crippen LogP contribution in [0.1, 0.15) is 6.42 Å². The van der Waals surface area contributed by atoms with Gasteiger partial charge in [0.05, 0.1) is 6.54 Å². The van der Waals surface area contributed by atoms with Gasteiger partial charge < -0.3 is 25.7 Å². The third-order valence-electron chi connectivity index (χ3n) is 2.28. The molecule has 0 radical (unpaired) electrons. The normalized spacial score (nSPS) is 17.9. The molecule has 0 aromatic heterocycles. The van der Waals surface area contributed by atoms with Crippen LogP contribution in [0.5, 0.6) is 0 Å². The first-order valence-electron chi connectivity index (χ1n) is 5.21. The van der Waals surface area contributed by atoms with E-state index in [0.29, 0.717) is 19.5 Å². The van der Waals surface area contributed by atoms with Gasteiger partial charge >= 0.3 is 12.0 Å². The fourth-order valence-corrected chi connectivity index (χ4v) is 1.36. The van der Waals surface area contributed by atoms with Gasteiger partial charge in [-0.25, -0.2) is 9.59 Å². The second kappa shape index (κ2) is 6.04. The Labute approximate surface area is 97.6 Å². The maximum atomic E-state index is 11.6. The SMILES string of the molecule is O=C1CN(C(=O)NCC(O)C(=O)O)CCCN1. The second-order valence-electron chi connectivity index (χ2n) is 3.67. The van der Waals surface area contributed by atoms with E-state index in [2.05, 4.69) is 10.6 Å². The lowest BCUT2D eigenvalue weighted by Gasteiger charge is -2.20. The molecule has 0 spiro atoms. The van der Waals surface area contributed by atoms with Crippen LogP contribution >= 0.6 is 0 Å². The van der Waals surface area contributed by atoms with E-state index in [1.54, 1.807) is 0 Å². The first-order chi connectivity index (χ1) is 8.00. The van der Waals surface area contributed by atoms with Crippen molar-refractivity contribution in [3.8, 4) is 0 Å². The molecule has 0 aliphatic carbocycles. The number of aliphatic carboxylic acids is 1. The summed E-state index contributed by atoms with van der Waals surface area (Å²) in [7, 11) is 0. The van der Waals surface area contributed by atoms with Gasteiger partial charge in [0, 0.05) is 13.1 Å². The average Bonchev–Trinajstić information content (AvgIpc) is 2.50. The Kier molecular flexibility index (Phi) is 4.70. The van der Waals surface area contributed by atoms with Crippen molar-refractivity contribution in [1.29, 1.82) is 0 Å². The second-order valence-corrected chi connectivity index (χ2v) is 3.67. The molecular weight excluding hydrogens is 230 g/mol. The van der Waals surface area contributed by atoms with Crippen LogP contribution in [0.3, 0.4) is 0 Å². The molecule has 3 amide bonds. The Hall–Kier alpha value is -1.83. The topological polar surface area (TPSA) is 119 Å². The molecule has 0 aromatic rings. The quantitative estimate of drug-likeness (QED) is 0.457. The number of hydrogen-bond donors (Lipinski definition) is 4. The Morgan fingerprint density at radius 3 is 2.88 bits per heavy atom. The van der Waals surface area contributed by atoms with Crippen molar-refractivity contribution in [3.63, 3.8) is 0 Å². The van der Waals surface area contributed by atoms with E-state index >= 15 is 0 Å². The van der Waals surface area contributed by atoms with E-state index in [4.69, 9.17) is 10.2 Å². The molecule has 17 heavy (non-hydrogen) atoms. The third kappa shape index (κ3) is 4.27. The van der Waals surface area contributed by atoms with Crippen molar-refractivity contribution in [3.05, 3.63) is 0 Å². The zero-order valence-corrected chi connectivity index (χ0v) is 9.18. The monoisotopic (exact) mass is 245 g/mol. The largest absolute Gasteiger partial charge is 0.479 e. The molecule has 1 heterocycles. The molecule has 8 heteroatoms. The first-order valence-corrected chi connectivity index (χ1v) is 5.21. The number of aliphatic hydroxyl groups excluding tert-OH is 1. The molecule has 96 valence electrons. The number of carbonyl (C=O) groups excluding carboxylic acids is 2. The number of hydrogen-bond acceptors (Lipinski definition) is 4. The van der Waals surface area contributed by atoms with Gasteiger partial charge in [-0.05, 0) is 6.42 Å². The van der Waals surface area contributed by atoms with Gasteiger partial charge in [-0.15, -0.1) is 0 Å². The zero-order chi connectivity index (χ0) is 12.8. The molecule has 0 saturated carbocycles. The van der Waals surface area contributed by atoms with Gasteiger partial charge in [-0.3, -0.25) is 4.79 Å². The predicted octanol–water partition coefficient (Wildman–Crippen LogP) is -2.04. The number of carboxylic acids is 1. The summed E-state index contributed by atoms with van der Waals surface area (Å²) >= 11 is 0. The minimum Gasteiger partial charge on any atom is -0.479 e. The Bertz CT molecular complexity index is 320. The van der Waals surface area contributed by atoms with Gasteiger partial charge in [-0.2, -0.15) is 0 Å². The van der Waals surface area contributed by atoms with E-state index in [0.717, 1.165) is 0 Å². The van der Waals surface area contributed by atoms with Crippen LogP contribution in [0, 0.1) is 0 Å². The highest BCUT2D eigenvalue weighted by atomic mass is 16.4. The molecule has 1 aliphatic rings. The molecule has 0 aromatic carbocycles. The number of carbonyl (C=O) groups is 3.